The summed E-state index contributed by atoms with van der Waals surface area (Å²) < 4.78 is 21.4. The molecule has 3 aromatic rings. The van der Waals surface area contributed by atoms with E-state index < -0.39 is 11.9 Å². The lowest BCUT2D eigenvalue weighted by Crippen LogP contribution is -2.23. The molecule has 0 radical (unpaired) electrons. The molecule has 0 saturated heterocycles. The molecule has 142 valence electrons. The van der Waals surface area contributed by atoms with Gasteiger partial charge in [0.1, 0.15) is 18.2 Å². The average Bonchev–Trinajstić information content (AvgIpc) is 3.05. The molecule has 6 nitrogen and oxygen atoms in total. The van der Waals surface area contributed by atoms with Gasteiger partial charge in [-0.2, -0.15) is 0 Å². The molecular formula is C19H21FN4O2S. The Morgan fingerprint density at radius 1 is 1.30 bits per heavy atom. The van der Waals surface area contributed by atoms with Gasteiger partial charge in [-0.15, -0.1) is 10.2 Å². The first-order valence-electron chi connectivity index (χ1n) is 8.70. The van der Waals surface area contributed by atoms with Crippen LogP contribution in [0, 0.1) is 5.82 Å². The predicted octanol–water partition coefficient (Wildman–Crippen LogP) is 4.39. The Morgan fingerprint density at radius 3 is 2.85 bits per heavy atom. The zero-order valence-corrected chi connectivity index (χ0v) is 16.2. The molecule has 1 aromatic carbocycles. The maximum absolute atomic E-state index is 14.3. The number of benzene rings is 1. The van der Waals surface area contributed by atoms with E-state index in [0.29, 0.717) is 17.0 Å². The second-order valence-corrected chi connectivity index (χ2v) is 7.35. The van der Waals surface area contributed by atoms with Crippen molar-refractivity contribution in [2.45, 2.75) is 43.1 Å². The molecule has 0 saturated carbocycles. The summed E-state index contributed by atoms with van der Waals surface area (Å²) in [6.07, 6.45) is 1.37. The summed E-state index contributed by atoms with van der Waals surface area (Å²) in [4.78, 5) is 13.1. The largest absolute Gasteiger partial charge is 0.445 e. The zero-order valence-electron chi connectivity index (χ0n) is 15.4. The van der Waals surface area contributed by atoms with Gasteiger partial charge in [0.15, 0.2) is 5.65 Å². The Bertz CT molecular complexity index is 958. The molecule has 0 bridgehead atoms. The van der Waals surface area contributed by atoms with Crippen LogP contribution in [0.3, 0.4) is 0 Å². The fourth-order valence-corrected chi connectivity index (χ4v) is 3.55. The highest BCUT2D eigenvalue weighted by atomic mass is 32.2. The number of hydrogen-bond donors (Lipinski definition) is 1. The lowest BCUT2D eigenvalue weighted by molar-refractivity contribution is 0.138. The molecule has 1 amide bonds. The van der Waals surface area contributed by atoms with Crippen LogP contribution in [0.1, 0.15) is 38.1 Å². The van der Waals surface area contributed by atoms with Gasteiger partial charge in [-0.1, -0.05) is 31.7 Å². The Balaban J connectivity index is 1.87. The van der Waals surface area contributed by atoms with Crippen LogP contribution in [0.15, 0.2) is 46.3 Å². The molecule has 3 rings (SSSR count). The van der Waals surface area contributed by atoms with Crippen molar-refractivity contribution >= 4 is 23.5 Å². The predicted molar refractivity (Wildman–Crippen MR) is 101 cm³/mol. The molecule has 1 N–H and O–H groups in total. The third-order valence-electron chi connectivity index (χ3n) is 3.89. The number of ether oxygens (including phenoxy) is 1. The number of fused-ring (bicyclic) bond motifs is 1. The SMILES string of the molecule is CCNC(=O)OCc1c(F)cccc1Sc1ccc2nnc(C(C)C)n2c1. The molecule has 2 aromatic heterocycles. The van der Waals surface area contributed by atoms with Gasteiger partial charge in [-0.25, -0.2) is 9.18 Å². The second kappa shape index (κ2) is 8.39. The van der Waals surface area contributed by atoms with Crippen molar-refractivity contribution in [2.24, 2.45) is 0 Å². The molecular weight excluding hydrogens is 367 g/mol. The Labute approximate surface area is 161 Å². The van der Waals surface area contributed by atoms with E-state index in [9.17, 15) is 9.18 Å². The smallest absolute Gasteiger partial charge is 0.407 e. The molecule has 0 atom stereocenters. The average molecular weight is 388 g/mol. The fourth-order valence-electron chi connectivity index (χ4n) is 2.58. The molecule has 0 unspecified atom stereocenters. The van der Waals surface area contributed by atoms with E-state index in [1.165, 1.54) is 17.8 Å². The second-order valence-electron chi connectivity index (χ2n) is 6.23. The minimum absolute atomic E-state index is 0.132. The summed E-state index contributed by atoms with van der Waals surface area (Å²) in [6, 6.07) is 8.61. The van der Waals surface area contributed by atoms with E-state index in [4.69, 9.17) is 4.74 Å². The minimum atomic E-state index is -0.566. The summed E-state index contributed by atoms with van der Waals surface area (Å²) in [5.41, 5.74) is 1.11. The first-order chi connectivity index (χ1) is 13.0. The number of hydrogen-bond acceptors (Lipinski definition) is 5. The normalized spacial score (nSPS) is 11.1. The van der Waals surface area contributed by atoms with E-state index in [-0.39, 0.29) is 12.5 Å². The van der Waals surface area contributed by atoms with Crippen LogP contribution in [0.2, 0.25) is 0 Å². The van der Waals surface area contributed by atoms with E-state index in [1.54, 1.807) is 13.0 Å². The van der Waals surface area contributed by atoms with Crippen LogP contribution in [0.25, 0.3) is 5.65 Å². The quantitative estimate of drug-likeness (QED) is 0.678. The maximum Gasteiger partial charge on any atom is 0.407 e. The van der Waals surface area contributed by atoms with E-state index >= 15 is 0 Å². The number of amides is 1. The van der Waals surface area contributed by atoms with Crippen molar-refractivity contribution < 1.29 is 13.9 Å². The van der Waals surface area contributed by atoms with Crippen molar-refractivity contribution in [1.82, 2.24) is 19.9 Å². The van der Waals surface area contributed by atoms with Gasteiger partial charge in [0, 0.05) is 34.0 Å². The van der Waals surface area contributed by atoms with Crippen molar-refractivity contribution in [1.29, 1.82) is 0 Å². The highest BCUT2D eigenvalue weighted by molar-refractivity contribution is 7.99. The molecule has 8 heteroatoms. The lowest BCUT2D eigenvalue weighted by Gasteiger charge is -2.12. The zero-order chi connectivity index (χ0) is 19.4. The number of pyridine rings is 1. The summed E-state index contributed by atoms with van der Waals surface area (Å²) in [5, 5.41) is 10.9. The van der Waals surface area contributed by atoms with E-state index in [2.05, 4.69) is 29.4 Å². The van der Waals surface area contributed by atoms with E-state index in [1.807, 2.05) is 28.8 Å². The highest BCUT2D eigenvalue weighted by Gasteiger charge is 2.14. The van der Waals surface area contributed by atoms with Crippen LogP contribution in [-0.2, 0) is 11.3 Å². The first-order valence-corrected chi connectivity index (χ1v) is 9.51. The van der Waals surface area contributed by atoms with Crippen LogP contribution < -0.4 is 5.32 Å². The Hall–Kier alpha value is -2.61. The van der Waals surface area contributed by atoms with Gasteiger partial charge in [-0.05, 0) is 31.2 Å². The molecule has 2 heterocycles. The van der Waals surface area contributed by atoms with Crippen molar-refractivity contribution in [2.75, 3.05) is 6.54 Å². The number of carbonyl (C=O) groups is 1. The Kier molecular flexibility index (Phi) is 5.95. The molecule has 0 aliphatic carbocycles. The minimum Gasteiger partial charge on any atom is -0.445 e. The van der Waals surface area contributed by atoms with Crippen LogP contribution in [-0.4, -0.2) is 27.2 Å². The number of nitrogens with one attached hydrogen (secondary N) is 1. The number of aromatic nitrogens is 3. The summed E-state index contributed by atoms with van der Waals surface area (Å²) >= 11 is 1.40. The summed E-state index contributed by atoms with van der Waals surface area (Å²) in [7, 11) is 0. The summed E-state index contributed by atoms with van der Waals surface area (Å²) in [6.45, 7) is 6.22. The summed E-state index contributed by atoms with van der Waals surface area (Å²) in [5.74, 6) is 0.694. The Morgan fingerprint density at radius 2 is 2.11 bits per heavy atom. The van der Waals surface area contributed by atoms with Gasteiger partial charge in [0.2, 0.25) is 0 Å². The van der Waals surface area contributed by atoms with Gasteiger partial charge < -0.3 is 10.1 Å². The van der Waals surface area contributed by atoms with Gasteiger partial charge >= 0.3 is 6.09 Å². The van der Waals surface area contributed by atoms with Crippen LogP contribution >= 0.6 is 11.8 Å². The number of carbonyl (C=O) groups excluding carboxylic acids is 1. The third-order valence-corrected chi connectivity index (χ3v) is 4.97. The van der Waals surface area contributed by atoms with Crippen LogP contribution in [0.5, 0.6) is 0 Å². The number of alkyl carbamates (subject to hydrolysis) is 1. The highest BCUT2D eigenvalue weighted by Crippen LogP contribution is 2.32. The number of nitrogens with zero attached hydrogens (tertiary/aromatic N) is 3. The molecule has 0 aliphatic heterocycles. The number of halogens is 1. The lowest BCUT2D eigenvalue weighted by atomic mass is 10.2. The van der Waals surface area contributed by atoms with Crippen molar-refractivity contribution in [3.05, 3.63) is 53.7 Å². The van der Waals surface area contributed by atoms with E-state index in [0.717, 1.165) is 16.4 Å². The molecule has 0 fully saturated rings. The number of rotatable bonds is 6. The molecule has 27 heavy (non-hydrogen) atoms. The first kappa shape index (κ1) is 19.2. The monoisotopic (exact) mass is 388 g/mol. The van der Waals surface area contributed by atoms with Gasteiger partial charge in [0.25, 0.3) is 0 Å². The standard InChI is InChI=1S/C19H21FN4O2S/c1-4-21-19(25)26-11-14-15(20)6-5-7-16(14)27-13-8-9-17-22-23-18(12(2)3)24(17)10-13/h5-10,12H,4,11H2,1-3H3,(H,21,25). The van der Waals surface area contributed by atoms with Crippen molar-refractivity contribution in [3.8, 4) is 0 Å². The van der Waals surface area contributed by atoms with Gasteiger partial charge in [0.05, 0.1) is 0 Å². The fraction of sp³-hybridized carbons (Fsp3) is 0.316. The van der Waals surface area contributed by atoms with Gasteiger partial charge in [-0.3, -0.25) is 4.40 Å². The topological polar surface area (TPSA) is 68.5 Å². The van der Waals surface area contributed by atoms with Crippen molar-refractivity contribution in [3.63, 3.8) is 0 Å². The maximum atomic E-state index is 14.3. The van der Waals surface area contributed by atoms with Crippen LogP contribution in [0.4, 0.5) is 9.18 Å². The molecule has 0 spiro atoms. The third kappa shape index (κ3) is 4.39. The molecule has 0 aliphatic rings.